The lowest BCUT2D eigenvalue weighted by Gasteiger charge is -2.06. The molecule has 90 valence electrons. The predicted molar refractivity (Wildman–Crippen MR) is 77.5 cm³/mol. The number of likely N-dealkylation sites (N-methyl/N-ethyl adjacent to an activating group) is 1. The Labute approximate surface area is 114 Å². The smallest absolute Gasteiger partial charge is 0.0948 e. The molecule has 1 heterocycles. The van der Waals surface area contributed by atoms with Crippen molar-refractivity contribution in [2.75, 3.05) is 7.05 Å². The van der Waals surface area contributed by atoms with Crippen LogP contribution in [0.1, 0.15) is 11.9 Å². The monoisotopic (exact) mass is 310 g/mol. The van der Waals surface area contributed by atoms with Crippen LogP contribution in [0.25, 0.3) is 11.3 Å². The summed E-state index contributed by atoms with van der Waals surface area (Å²) in [5, 5.41) is 6.54. The number of rotatable bonds is 4. The summed E-state index contributed by atoms with van der Waals surface area (Å²) < 4.78 is 1.10. The molecule has 4 heteroatoms. The van der Waals surface area contributed by atoms with Crippen LogP contribution >= 0.6 is 27.3 Å². The van der Waals surface area contributed by atoms with E-state index in [9.17, 15) is 0 Å². The summed E-state index contributed by atoms with van der Waals surface area (Å²) >= 11 is 5.17. The van der Waals surface area contributed by atoms with E-state index in [0.717, 1.165) is 16.6 Å². The zero-order valence-corrected chi connectivity index (χ0v) is 12.3. The molecule has 1 unspecified atom stereocenters. The van der Waals surface area contributed by atoms with Crippen LogP contribution < -0.4 is 5.32 Å². The van der Waals surface area contributed by atoms with Crippen molar-refractivity contribution in [2.24, 2.45) is 0 Å². The fourth-order valence-corrected chi connectivity index (χ4v) is 2.72. The Bertz CT molecular complexity index is 478. The molecule has 0 aliphatic carbocycles. The van der Waals surface area contributed by atoms with Crippen LogP contribution in [0.3, 0.4) is 0 Å². The van der Waals surface area contributed by atoms with Crippen molar-refractivity contribution in [3.05, 3.63) is 39.1 Å². The van der Waals surface area contributed by atoms with E-state index in [1.54, 1.807) is 11.3 Å². The topological polar surface area (TPSA) is 24.9 Å². The average Bonchev–Trinajstić information content (AvgIpc) is 2.78. The lowest BCUT2D eigenvalue weighted by Crippen LogP contribution is -2.23. The number of aromatic nitrogens is 1. The summed E-state index contributed by atoms with van der Waals surface area (Å²) in [6.45, 7) is 2.17. The highest BCUT2D eigenvalue weighted by Crippen LogP contribution is 2.24. The van der Waals surface area contributed by atoms with Gasteiger partial charge in [0.15, 0.2) is 0 Å². The molecule has 2 aromatic rings. The van der Waals surface area contributed by atoms with Crippen molar-refractivity contribution in [2.45, 2.75) is 19.4 Å². The van der Waals surface area contributed by atoms with Crippen molar-refractivity contribution >= 4 is 27.3 Å². The second-order valence-electron chi connectivity index (χ2n) is 4.03. The van der Waals surface area contributed by atoms with Gasteiger partial charge in [-0.15, -0.1) is 11.3 Å². The van der Waals surface area contributed by atoms with Crippen LogP contribution in [0.15, 0.2) is 34.1 Å². The number of nitrogens with zero attached hydrogens (tertiary/aromatic N) is 1. The van der Waals surface area contributed by atoms with Gasteiger partial charge < -0.3 is 5.32 Å². The van der Waals surface area contributed by atoms with Crippen LogP contribution in [0.2, 0.25) is 0 Å². The van der Waals surface area contributed by atoms with Gasteiger partial charge in [-0.05, 0) is 26.1 Å². The maximum absolute atomic E-state index is 4.66. The lowest BCUT2D eigenvalue weighted by molar-refractivity contribution is 0.607. The third-order valence-corrected chi connectivity index (χ3v) is 4.07. The molecular weight excluding hydrogens is 296 g/mol. The first-order chi connectivity index (χ1) is 8.19. The highest BCUT2D eigenvalue weighted by Gasteiger charge is 2.07. The first-order valence-electron chi connectivity index (χ1n) is 5.56. The molecular formula is C13H15BrN2S. The molecule has 2 nitrogen and oxygen atoms in total. The lowest BCUT2D eigenvalue weighted by atomic mass is 10.2. The predicted octanol–water partition coefficient (Wildman–Crippen LogP) is 3.72. The van der Waals surface area contributed by atoms with Gasteiger partial charge in [0, 0.05) is 27.9 Å². The minimum atomic E-state index is 0.471. The van der Waals surface area contributed by atoms with Gasteiger partial charge in [0.2, 0.25) is 0 Å². The minimum absolute atomic E-state index is 0.471. The maximum Gasteiger partial charge on any atom is 0.0948 e. The van der Waals surface area contributed by atoms with Crippen molar-refractivity contribution < 1.29 is 0 Å². The van der Waals surface area contributed by atoms with Gasteiger partial charge in [-0.1, -0.05) is 28.1 Å². The Kier molecular flexibility index (Phi) is 4.31. The SMILES string of the molecule is CNC(C)Cc1nc(-c2ccc(Br)cc2)cs1. The molecule has 0 bridgehead atoms. The number of benzene rings is 1. The van der Waals surface area contributed by atoms with E-state index in [0.29, 0.717) is 6.04 Å². The van der Waals surface area contributed by atoms with E-state index < -0.39 is 0 Å². The van der Waals surface area contributed by atoms with Crippen LogP contribution in [0, 0.1) is 0 Å². The number of nitrogens with one attached hydrogen (secondary N) is 1. The van der Waals surface area contributed by atoms with Gasteiger partial charge in [-0.25, -0.2) is 4.98 Å². The van der Waals surface area contributed by atoms with Gasteiger partial charge in [0.05, 0.1) is 10.7 Å². The molecule has 2 rings (SSSR count). The van der Waals surface area contributed by atoms with Gasteiger partial charge in [-0.2, -0.15) is 0 Å². The molecule has 1 N–H and O–H groups in total. The second kappa shape index (κ2) is 5.76. The second-order valence-corrected chi connectivity index (χ2v) is 5.89. The van der Waals surface area contributed by atoms with E-state index in [2.05, 4.69) is 50.7 Å². The van der Waals surface area contributed by atoms with Crippen LogP contribution in [0.5, 0.6) is 0 Å². The van der Waals surface area contributed by atoms with E-state index in [1.807, 2.05) is 19.2 Å². The van der Waals surface area contributed by atoms with E-state index in [-0.39, 0.29) is 0 Å². The van der Waals surface area contributed by atoms with Crippen LogP contribution in [0.4, 0.5) is 0 Å². The van der Waals surface area contributed by atoms with Crippen molar-refractivity contribution in [1.29, 1.82) is 0 Å². The summed E-state index contributed by atoms with van der Waals surface area (Å²) in [5.74, 6) is 0. The van der Waals surface area contributed by atoms with Crippen molar-refractivity contribution in [3.63, 3.8) is 0 Å². The van der Waals surface area contributed by atoms with Gasteiger partial charge in [-0.3, -0.25) is 0 Å². The normalized spacial score (nSPS) is 12.6. The molecule has 1 aromatic carbocycles. The van der Waals surface area contributed by atoms with E-state index >= 15 is 0 Å². The third kappa shape index (κ3) is 3.37. The number of halogens is 1. The molecule has 0 saturated carbocycles. The van der Waals surface area contributed by atoms with Gasteiger partial charge >= 0.3 is 0 Å². The highest BCUT2D eigenvalue weighted by molar-refractivity contribution is 9.10. The van der Waals surface area contributed by atoms with Crippen molar-refractivity contribution in [3.8, 4) is 11.3 Å². The Hall–Kier alpha value is -0.710. The summed E-state index contributed by atoms with van der Waals surface area (Å²) in [6.07, 6.45) is 0.984. The molecule has 1 atom stereocenters. The highest BCUT2D eigenvalue weighted by atomic mass is 79.9. The van der Waals surface area contributed by atoms with Gasteiger partial charge in [0.25, 0.3) is 0 Å². The van der Waals surface area contributed by atoms with E-state index in [1.165, 1.54) is 10.6 Å². The first kappa shape index (κ1) is 12.7. The molecule has 17 heavy (non-hydrogen) atoms. The van der Waals surface area contributed by atoms with Crippen LogP contribution in [-0.2, 0) is 6.42 Å². The molecule has 0 spiro atoms. The Balaban J connectivity index is 2.15. The first-order valence-corrected chi connectivity index (χ1v) is 7.24. The number of hydrogen-bond donors (Lipinski definition) is 1. The fraction of sp³-hybridized carbons (Fsp3) is 0.308. The summed E-state index contributed by atoms with van der Waals surface area (Å²) in [4.78, 5) is 4.66. The Morgan fingerprint density at radius 1 is 1.35 bits per heavy atom. The minimum Gasteiger partial charge on any atom is -0.317 e. The Morgan fingerprint density at radius 3 is 2.71 bits per heavy atom. The molecule has 1 aromatic heterocycles. The molecule has 0 amide bonds. The fourth-order valence-electron chi connectivity index (χ4n) is 1.52. The van der Waals surface area contributed by atoms with E-state index in [4.69, 9.17) is 0 Å². The maximum atomic E-state index is 4.66. The number of thiazole rings is 1. The molecule has 0 fully saturated rings. The summed E-state index contributed by atoms with van der Waals surface area (Å²) in [5.41, 5.74) is 2.24. The third-order valence-electron chi connectivity index (χ3n) is 2.67. The molecule has 0 aliphatic rings. The summed E-state index contributed by atoms with van der Waals surface area (Å²) in [6, 6.07) is 8.74. The molecule has 0 saturated heterocycles. The molecule has 0 radical (unpaired) electrons. The van der Waals surface area contributed by atoms with Crippen LogP contribution in [-0.4, -0.2) is 18.1 Å². The largest absolute Gasteiger partial charge is 0.317 e. The zero-order valence-electron chi connectivity index (χ0n) is 9.90. The summed E-state index contributed by atoms with van der Waals surface area (Å²) in [7, 11) is 1.98. The van der Waals surface area contributed by atoms with Crippen molar-refractivity contribution in [1.82, 2.24) is 10.3 Å². The zero-order chi connectivity index (χ0) is 12.3. The Morgan fingerprint density at radius 2 is 2.06 bits per heavy atom. The standard InChI is InChI=1S/C13H15BrN2S/c1-9(15-2)7-13-16-12(8-17-13)10-3-5-11(14)6-4-10/h3-6,8-9,15H,7H2,1-2H3. The quantitative estimate of drug-likeness (QED) is 0.931. The molecule has 0 aliphatic heterocycles. The number of hydrogen-bond acceptors (Lipinski definition) is 3. The van der Waals surface area contributed by atoms with Gasteiger partial charge in [0.1, 0.15) is 0 Å². The average molecular weight is 311 g/mol.